The predicted molar refractivity (Wildman–Crippen MR) is 152 cm³/mol. The topological polar surface area (TPSA) is 119 Å². The molecule has 1 saturated heterocycles. The summed E-state index contributed by atoms with van der Waals surface area (Å²) in [6.45, 7) is 11.8. The quantitative estimate of drug-likeness (QED) is 0.378. The van der Waals surface area contributed by atoms with E-state index in [-0.39, 0.29) is 23.9 Å². The van der Waals surface area contributed by atoms with Crippen LogP contribution >= 0.6 is 0 Å². The van der Waals surface area contributed by atoms with E-state index in [0.29, 0.717) is 11.5 Å². The van der Waals surface area contributed by atoms with Gasteiger partial charge in [0.05, 0.1) is 17.1 Å². The van der Waals surface area contributed by atoms with E-state index in [1.54, 1.807) is 11.6 Å². The molecule has 0 bridgehead atoms. The van der Waals surface area contributed by atoms with Crippen LogP contribution in [0.5, 0.6) is 0 Å². The molecule has 2 atom stereocenters. The maximum atomic E-state index is 12.4. The molecule has 39 heavy (non-hydrogen) atoms. The molecule has 4 rings (SSSR count). The van der Waals surface area contributed by atoms with Crippen LogP contribution in [0.15, 0.2) is 35.3 Å². The Labute approximate surface area is 229 Å². The van der Waals surface area contributed by atoms with E-state index < -0.39 is 17.6 Å². The summed E-state index contributed by atoms with van der Waals surface area (Å²) < 4.78 is 9.40. The highest BCUT2D eigenvalue weighted by molar-refractivity contribution is 5.82. The lowest BCUT2D eigenvalue weighted by Crippen LogP contribution is -2.60. The van der Waals surface area contributed by atoms with Crippen molar-refractivity contribution >= 4 is 17.0 Å². The molecule has 3 aromatic rings. The van der Waals surface area contributed by atoms with Crippen molar-refractivity contribution in [2.24, 2.45) is 18.4 Å². The predicted octanol–water partition coefficient (Wildman–Crippen LogP) is 3.87. The van der Waals surface area contributed by atoms with E-state index in [2.05, 4.69) is 16.0 Å². The van der Waals surface area contributed by atoms with Gasteiger partial charge in [0.2, 0.25) is 0 Å². The van der Waals surface area contributed by atoms with Gasteiger partial charge in [0.15, 0.2) is 0 Å². The minimum Gasteiger partial charge on any atom is -0.480 e. The van der Waals surface area contributed by atoms with Crippen LogP contribution in [0, 0.1) is 18.3 Å². The summed E-state index contributed by atoms with van der Waals surface area (Å²) in [6, 6.07) is 7.85. The number of aliphatic carboxylic acids is 1. The SMILES string of the molecule is Cc1cc(-c2nc3ccc(CN[C@](CC(C)(C)C)(C(=O)O)[C@@H](C)O)cc3n2CC2CCOCC2)cn(C)c1=O. The van der Waals surface area contributed by atoms with E-state index in [4.69, 9.17) is 9.72 Å². The molecule has 9 heteroatoms. The molecule has 0 unspecified atom stereocenters. The van der Waals surface area contributed by atoms with Crippen LogP contribution in [-0.2, 0) is 29.7 Å². The first kappa shape index (κ1) is 29.0. The molecule has 1 aliphatic rings. The number of nitrogens with one attached hydrogen (secondary N) is 1. The molecule has 0 spiro atoms. The molecule has 1 fully saturated rings. The molecule has 0 amide bonds. The molecular weight excluding hydrogens is 496 g/mol. The van der Waals surface area contributed by atoms with Gasteiger partial charge in [-0.1, -0.05) is 26.8 Å². The first-order valence-corrected chi connectivity index (χ1v) is 13.7. The van der Waals surface area contributed by atoms with Gasteiger partial charge < -0.3 is 24.1 Å². The van der Waals surface area contributed by atoms with Crippen LogP contribution < -0.4 is 10.9 Å². The second-order valence-corrected chi connectivity index (χ2v) is 12.3. The molecule has 0 saturated carbocycles. The van der Waals surface area contributed by atoms with E-state index in [1.165, 1.54) is 6.92 Å². The highest BCUT2D eigenvalue weighted by Crippen LogP contribution is 2.32. The molecule has 2 aromatic heterocycles. The van der Waals surface area contributed by atoms with Crippen molar-refractivity contribution in [2.45, 2.75) is 78.6 Å². The van der Waals surface area contributed by atoms with Crippen LogP contribution in [0.4, 0.5) is 0 Å². The molecule has 3 N–H and O–H groups in total. The maximum Gasteiger partial charge on any atom is 0.326 e. The number of fused-ring (bicyclic) bond motifs is 1. The second kappa shape index (κ2) is 11.2. The minimum absolute atomic E-state index is 0.0329. The molecule has 1 aliphatic heterocycles. The smallest absolute Gasteiger partial charge is 0.326 e. The molecule has 1 aromatic carbocycles. The molecule has 0 aliphatic carbocycles. The summed E-state index contributed by atoms with van der Waals surface area (Å²) in [5, 5.41) is 23.9. The van der Waals surface area contributed by atoms with Gasteiger partial charge >= 0.3 is 5.97 Å². The number of aliphatic hydroxyl groups excluding tert-OH is 1. The number of carbonyl (C=O) groups is 1. The van der Waals surface area contributed by atoms with Crippen molar-refractivity contribution in [2.75, 3.05) is 13.2 Å². The lowest BCUT2D eigenvalue weighted by molar-refractivity contribution is -0.152. The third-order valence-corrected chi connectivity index (χ3v) is 7.73. The van der Waals surface area contributed by atoms with Crippen molar-refractivity contribution in [3.05, 3.63) is 51.9 Å². The third kappa shape index (κ3) is 6.26. The number of rotatable bonds is 9. The molecular formula is C30H42N4O5. The van der Waals surface area contributed by atoms with Crippen molar-refractivity contribution in [1.29, 1.82) is 0 Å². The Morgan fingerprint density at radius 1 is 1.23 bits per heavy atom. The number of aliphatic hydroxyl groups is 1. The van der Waals surface area contributed by atoms with Gasteiger partial charge in [-0.25, -0.2) is 4.98 Å². The average molecular weight is 539 g/mol. The Bertz CT molecular complexity index is 1370. The number of carboxylic acids is 1. The Morgan fingerprint density at radius 2 is 1.92 bits per heavy atom. The van der Waals surface area contributed by atoms with Gasteiger partial charge in [0, 0.05) is 50.7 Å². The number of nitrogens with zero attached hydrogens (tertiary/aromatic N) is 3. The van der Waals surface area contributed by atoms with Gasteiger partial charge in [-0.2, -0.15) is 0 Å². The van der Waals surface area contributed by atoms with E-state index in [1.807, 2.05) is 52.1 Å². The number of benzene rings is 1. The monoisotopic (exact) mass is 538 g/mol. The number of aryl methyl sites for hydroxylation is 2. The van der Waals surface area contributed by atoms with Gasteiger partial charge in [0.25, 0.3) is 5.56 Å². The van der Waals surface area contributed by atoms with E-state index in [0.717, 1.165) is 60.6 Å². The Hall–Kier alpha value is -3.01. The lowest BCUT2D eigenvalue weighted by atomic mass is 9.76. The molecule has 212 valence electrons. The highest BCUT2D eigenvalue weighted by Gasteiger charge is 2.45. The second-order valence-electron chi connectivity index (χ2n) is 12.3. The fraction of sp³-hybridized carbons (Fsp3) is 0.567. The summed E-state index contributed by atoms with van der Waals surface area (Å²) in [4.78, 5) is 29.8. The van der Waals surface area contributed by atoms with Gasteiger partial charge in [-0.3, -0.25) is 14.9 Å². The Balaban J connectivity index is 1.75. The van der Waals surface area contributed by atoms with Crippen LogP contribution in [0.3, 0.4) is 0 Å². The normalized spacial score (nSPS) is 17.3. The molecule has 3 heterocycles. The Morgan fingerprint density at radius 3 is 2.51 bits per heavy atom. The summed E-state index contributed by atoms with van der Waals surface area (Å²) in [5.74, 6) is 0.175. The number of aromatic nitrogens is 3. The van der Waals surface area contributed by atoms with Crippen molar-refractivity contribution in [1.82, 2.24) is 19.4 Å². The van der Waals surface area contributed by atoms with Crippen LogP contribution in [-0.4, -0.2) is 55.2 Å². The van der Waals surface area contributed by atoms with Crippen molar-refractivity contribution in [3.8, 4) is 11.4 Å². The van der Waals surface area contributed by atoms with E-state index in [9.17, 15) is 19.8 Å². The first-order valence-electron chi connectivity index (χ1n) is 13.7. The van der Waals surface area contributed by atoms with Crippen LogP contribution in [0.25, 0.3) is 22.4 Å². The van der Waals surface area contributed by atoms with Gasteiger partial charge in [-0.05, 0) is 68.2 Å². The standard InChI is InChI=1S/C30H42N4O5/c1-19-13-23(17-33(6)27(19)36)26-32-24-8-7-22(14-25(24)34(26)16-21-9-11-39-12-10-21)15-31-30(20(2)35,28(37)38)18-29(3,4)5/h7-8,13-14,17,20-21,31,35H,9-12,15-16,18H2,1-6H3,(H,37,38)/t20-,30+/m1/s1. The summed E-state index contributed by atoms with van der Waals surface area (Å²) in [7, 11) is 1.75. The van der Waals surface area contributed by atoms with Gasteiger partial charge in [0.1, 0.15) is 11.4 Å². The van der Waals surface area contributed by atoms with E-state index >= 15 is 0 Å². The number of ether oxygens (including phenoxy) is 1. The van der Waals surface area contributed by atoms with Crippen molar-refractivity contribution < 1.29 is 19.7 Å². The molecule has 9 nitrogen and oxygen atoms in total. The Kier molecular flexibility index (Phi) is 8.35. The lowest BCUT2D eigenvalue weighted by Gasteiger charge is -2.38. The fourth-order valence-corrected chi connectivity index (χ4v) is 5.65. The van der Waals surface area contributed by atoms with Crippen LogP contribution in [0.2, 0.25) is 0 Å². The zero-order chi connectivity index (χ0) is 28.5. The average Bonchev–Trinajstić information content (AvgIpc) is 3.22. The number of hydrogen-bond acceptors (Lipinski definition) is 6. The first-order chi connectivity index (χ1) is 18.3. The van der Waals surface area contributed by atoms with Crippen LogP contribution in [0.1, 0.15) is 58.1 Å². The number of carboxylic acid groups (broad SMARTS) is 1. The van der Waals surface area contributed by atoms with Crippen molar-refractivity contribution in [3.63, 3.8) is 0 Å². The highest BCUT2D eigenvalue weighted by atomic mass is 16.5. The summed E-state index contributed by atoms with van der Waals surface area (Å²) in [5.41, 5.74) is 2.41. The zero-order valence-corrected chi connectivity index (χ0v) is 24.0. The summed E-state index contributed by atoms with van der Waals surface area (Å²) >= 11 is 0. The maximum absolute atomic E-state index is 12.4. The van der Waals surface area contributed by atoms with Gasteiger partial charge in [-0.15, -0.1) is 0 Å². The largest absolute Gasteiger partial charge is 0.480 e. The number of imidazole rings is 1. The number of hydrogen-bond donors (Lipinski definition) is 3. The fourth-order valence-electron chi connectivity index (χ4n) is 5.65. The zero-order valence-electron chi connectivity index (χ0n) is 24.0. The number of pyridine rings is 1. The molecule has 0 radical (unpaired) electrons. The summed E-state index contributed by atoms with van der Waals surface area (Å²) in [6.07, 6.45) is 2.95. The minimum atomic E-state index is -1.48. The third-order valence-electron chi connectivity index (χ3n) is 7.73.